The topological polar surface area (TPSA) is 93.2 Å². The SMILES string of the molecule is COC(=O)c1ccccc1NC(=O)c1cc(C)nc(NCc2cccc(C)c2)n1. The number of hydrogen-bond acceptors (Lipinski definition) is 6. The van der Waals surface area contributed by atoms with Crippen LogP contribution in [-0.4, -0.2) is 29.0 Å². The number of benzene rings is 2. The lowest BCUT2D eigenvalue weighted by Gasteiger charge is -2.11. The Balaban J connectivity index is 1.77. The molecule has 7 nitrogen and oxygen atoms in total. The minimum atomic E-state index is -0.528. The van der Waals surface area contributed by atoms with Gasteiger partial charge in [-0.25, -0.2) is 14.8 Å². The van der Waals surface area contributed by atoms with Crippen molar-refractivity contribution in [3.05, 3.63) is 82.7 Å². The van der Waals surface area contributed by atoms with E-state index < -0.39 is 11.9 Å². The molecular formula is C22H22N4O3. The Morgan fingerprint density at radius 2 is 1.79 bits per heavy atom. The van der Waals surface area contributed by atoms with Crippen LogP contribution in [-0.2, 0) is 11.3 Å². The van der Waals surface area contributed by atoms with Gasteiger partial charge in [-0.15, -0.1) is 0 Å². The number of carbonyl (C=O) groups excluding carboxylic acids is 2. The van der Waals surface area contributed by atoms with E-state index in [1.165, 1.54) is 12.7 Å². The highest BCUT2D eigenvalue weighted by molar-refractivity contribution is 6.07. The lowest BCUT2D eigenvalue weighted by atomic mass is 10.1. The zero-order valence-corrected chi connectivity index (χ0v) is 16.5. The molecule has 0 aliphatic rings. The molecule has 0 radical (unpaired) electrons. The molecule has 1 amide bonds. The van der Waals surface area contributed by atoms with E-state index in [2.05, 4.69) is 26.7 Å². The van der Waals surface area contributed by atoms with Crippen LogP contribution in [0.3, 0.4) is 0 Å². The molecule has 0 unspecified atom stereocenters. The molecule has 0 atom stereocenters. The first-order chi connectivity index (χ1) is 14.0. The van der Waals surface area contributed by atoms with Crippen molar-refractivity contribution in [3.63, 3.8) is 0 Å². The van der Waals surface area contributed by atoms with Crippen molar-refractivity contribution < 1.29 is 14.3 Å². The molecular weight excluding hydrogens is 368 g/mol. The van der Waals surface area contributed by atoms with E-state index >= 15 is 0 Å². The largest absolute Gasteiger partial charge is 0.465 e. The van der Waals surface area contributed by atoms with Crippen molar-refractivity contribution in [2.75, 3.05) is 17.7 Å². The number of hydrogen-bond donors (Lipinski definition) is 2. The van der Waals surface area contributed by atoms with E-state index in [1.807, 2.05) is 25.1 Å². The summed E-state index contributed by atoms with van der Waals surface area (Å²) in [6.45, 7) is 4.36. The smallest absolute Gasteiger partial charge is 0.339 e. The van der Waals surface area contributed by atoms with Gasteiger partial charge in [-0.2, -0.15) is 0 Å². The maximum absolute atomic E-state index is 12.7. The second-order valence-corrected chi connectivity index (χ2v) is 6.55. The number of anilines is 2. The van der Waals surface area contributed by atoms with Crippen LogP contribution >= 0.6 is 0 Å². The van der Waals surface area contributed by atoms with Gasteiger partial charge in [0, 0.05) is 12.2 Å². The second-order valence-electron chi connectivity index (χ2n) is 6.55. The van der Waals surface area contributed by atoms with Crippen molar-refractivity contribution in [1.82, 2.24) is 9.97 Å². The number of nitrogens with one attached hydrogen (secondary N) is 2. The summed E-state index contributed by atoms with van der Waals surface area (Å²) in [6, 6.07) is 16.3. The third-order valence-electron chi connectivity index (χ3n) is 4.20. The van der Waals surface area contributed by atoms with E-state index in [0.717, 1.165) is 5.56 Å². The molecule has 148 valence electrons. The molecule has 1 heterocycles. The Hall–Kier alpha value is -3.74. The first-order valence-corrected chi connectivity index (χ1v) is 9.10. The van der Waals surface area contributed by atoms with Crippen LogP contribution in [0.2, 0.25) is 0 Å². The van der Waals surface area contributed by atoms with Gasteiger partial charge >= 0.3 is 5.97 Å². The highest BCUT2D eigenvalue weighted by atomic mass is 16.5. The van der Waals surface area contributed by atoms with E-state index in [4.69, 9.17) is 4.74 Å². The zero-order valence-electron chi connectivity index (χ0n) is 16.5. The van der Waals surface area contributed by atoms with E-state index in [9.17, 15) is 9.59 Å². The van der Waals surface area contributed by atoms with Crippen LogP contribution in [0.25, 0.3) is 0 Å². The number of methoxy groups -OCH3 is 1. The minimum Gasteiger partial charge on any atom is -0.465 e. The number of amides is 1. The highest BCUT2D eigenvalue weighted by Crippen LogP contribution is 2.17. The molecule has 29 heavy (non-hydrogen) atoms. The first-order valence-electron chi connectivity index (χ1n) is 9.10. The fourth-order valence-electron chi connectivity index (χ4n) is 2.83. The lowest BCUT2D eigenvalue weighted by Crippen LogP contribution is -2.18. The van der Waals surface area contributed by atoms with Crippen LogP contribution in [0.1, 0.15) is 37.7 Å². The molecule has 2 aromatic carbocycles. The monoisotopic (exact) mass is 390 g/mol. The number of nitrogens with zero attached hydrogens (tertiary/aromatic N) is 2. The summed E-state index contributed by atoms with van der Waals surface area (Å²) < 4.78 is 4.76. The molecule has 7 heteroatoms. The van der Waals surface area contributed by atoms with Crippen LogP contribution < -0.4 is 10.6 Å². The Kier molecular flexibility index (Phi) is 6.19. The number of ether oxygens (including phenoxy) is 1. The van der Waals surface area contributed by atoms with E-state index in [0.29, 0.717) is 23.9 Å². The average Bonchev–Trinajstić information content (AvgIpc) is 2.72. The van der Waals surface area contributed by atoms with Crippen molar-refractivity contribution in [2.45, 2.75) is 20.4 Å². The van der Waals surface area contributed by atoms with Gasteiger partial charge in [-0.05, 0) is 37.6 Å². The minimum absolute atomic E-state index is 0.198. The fourth-order valence-corrected chi connectivity index (χ4v) is 2.83. The Labute approximate surface area is 169 Å². The molecule has 0 bridgehead atoms. The summed E-state index contributed by atoms with van der Waals surface area (Å²) in [5, 5.41) is 5.87. The van der Waals surface area contributed by atoms with Crippen molar-refractivity contribution in [2.24, 2.45) is 0 Å². The Morgan fingerprint density at radius 1 is 1.00 bits per heavy atom. The molecule has 0 saturated carbocycles. The maximum atomic E-state index is 12.7. The molecule has 0 spiro atoms. The number of aryl methyl sites for hydroxylation is 2. The maximum Gasteiger partial charge on any atom is 0.339 e. The van der Waals surface area contributed by atoms with Crippen molar-refractivity contribution in [3.8, 4) is 0 Å². The van der Waals surface area contributed by atoms with Gasteiger partial charge in [-0.1, -0.05) is 42.0 Å². The zero-order chi connectivity index (χ0) is 20.8. The standard InChI is InChI=1S/C22H22N4O3/c1-14-7-6-8-16(11-14)13-23-22-24-15(2)12-19(26-22)20(27)25-18-10-5-4-9-17(18)21(28)29-3/h4-12H,13H2,1-3H3,(H,25,27)(H,23,24,26). The average molecular weight is 390 g/mol. The summed E-state index contributed by atoms with van der Waals surface area (Å²) >= 11 is 0. The number of esters is 1. The lowest BCUT2D eigenvalue weighted by molar-refractivity contribution is 0.0602. The normalized spacial score (nSPS) is 10.3. The molecule has 0 aliphatic heterocycles. The van der Waals surface area contributed by atoms with E-state index in [1.54, 1.807) is 37.3 Å². The van der Waals surface area contributed by atoms with Gasteiger partial charge in [0.05, 0.1) is 18.4 Å². The molecule has 2 N–H and O–H groups in total. The van der Waals surface area contributed by atoms with Crippen LogP contribution in [0.4, 0.5) is 11.6 Å². The summed E-state index contributed by atoms with van der Waals surface area (Å²) in [4.78, 5) is 33.3. The Morgan fingerprint density at radius 3 is 2.55 bits per heavy atom. The number of aromatic nitrogens is 2. The molecule has 3 rings (SSSR count). The molecule has 3 aromatic rings. The van der Waals surface area contributed by atoms with Crippen molar-refractivity contribution >= 4 is 23.5 Å². The van der Waals surface area contributed by atoms with Gasteiger partial charge in [0.25, 0.3) is 5.91 Å². The van der Waals surface area contributed by atoms with Gasteiger partial charge < -0.3 is 15.4 Å². The summed E-state index contributed by atoms with van der Waals surface area (Å²) in [6.07, 6.45) is 0. The number of rotatable bonds is 6. The van der Waals surface area contributed by atoms with Gasteiger partial charge in [0.2, 0.25) is 5.95 Å². The molecule has 1 aromatic heterocycles. The number of carbonyl (C=O) groups is 2. The summed E-state index contributed by atoms with van der Waals surface area (Å²) in [5.41, 5.74) is 3.73. The predicted molar refractivity (Wildman–Crippen MR) is 111 cm³/mol. The highest BCUT2D eigenvalue weighted by Gasteiger charge is 2.16. The Bertz CT molecular complexity index is 1050. The summed E-state index contributed by atoms with van der Waals surface area (Å²) in [7, 11) is 1.29. The van der Waals surface area contributed by atoms with Gasteiger partial charge in [0.15, 0.2) is 0 Å². The quantitative estimate of drug-likeness (QED) is 0.623. The van der Waals surface area contributed by atoms with Gasteiger partial charge in [0.1, 0.15) is 5.69 Å². The molecule has 0 fully saturated rings. The van der Waals surface area contributed by atoms with Crippen LogP contribution in [0.5, 0.6) is 0 Å². The fraction of sp³-hybridized carbons (Fsp3) is 0.182. The molecule has 0 aliphatic carbocycles. The van der Waals surface area contributed by atoms with Crippen LogP contribution in [0, 0.1) is 13.8 Å². The first kappa shape index (κ1) is 20.0. The van der Waals surface area contributed by atoms with Gasteiger partial charge in [-0.3, -0.25) is 4.79 Å². The van der Waals surface area contributed by atoms with E-state index in [-0.39, 0.29) is 11.3 Å². The second kappa shape index (κ2) is 8.97. The molecule has 0 saturated heterocycles. The third-order valence-corrected chi connectivity index (χ3v) is 4.20. The van der Waals surface area contributed by atoms with Crippen molar-refractivity contribution in [1.29, 1.82) is 0 Å². The third kappa shape index (κ3) is 5.16. The number of para-hydroxylation sites is 1. The van der Waals surface area contributed by atoms with Crippen LogP contribution in [0.15, 0.2) is 54.6 Å². The summed E-state index contributed by atoms with van der Waals surface area (Å²) in [5.74, 6) is -0.608. The predicted octanol–water partition coefficient (Wildman–Crippen LogP) is 3.74.